The molecule has 0 aromatic heterocycles. The van der Waals surface area contributed by atoms with Gasteiger partial charge in [-0.2, -0.15) is 0 Å². The standard InChI is InChI=1S/C14H28N2O2/c1-12(17-10-13(15)6-2-3-7-13)18-11-14(16)8-4-5-9-14/h12H,2-11,15-16H2,1H3. The normalized spacial score (nSPS) is 26.0. The molecule has 0 heterocycles. The minimum absolute atomic E-state index is 0.120. The van der Waals surface area contributed by atoms with Gasteiger partial charge in [0.1, 0.15) is 0 Å². The first-order valence-electron chi connectivity index (χ1n) is 7.32. The van der Waals surface area contributed by atoms with E-state index in [1.54, 1.807) is 0 Å². The van der Waals surface area contributed by atoms with Gasteiger partial charge in [-0.15, -0.1) is 0 Å². The first kappa shape index (κ1) is 14.3. The first-order valence-corrected chi connectivity index (χ1v) is 7.32. The highest BCUT2D eigenvalue weighted by Crippen LogP contribution is 2.29. The summed E-state index contributed by atoms with van der Waals surface area (Å²) in [5, 5.41) is 0. The van der Waals surface area contributed by atoms with Crippen molar-refractivity contribution in [3.8, 4) is 0 Å². The zero-order valence-corrected chi connectivity index (χ0v) is 11.6. The van der Waals surface area contributed by atoms with Gasteiger partial charge in [-0.05, 0) is 32.6 Å². The Kier molecular flexibility index (Phi) is 4.64. The van der Waals surface area contributed by atoms with Crippen molar-refractivity contribution in [2.24, 2.45) is 11.5 Å². The fraction of sp³-hybridized carbons (Fsp3) is 1.00. The van der Waals surface area contributed by atoms with Crippen LogP contribution in [0, 0.1) is 0 Å². The molecule has 0 unspecified atom stereocenters. The Bertz CT molecular complexity index is 233. The molecule has 0 saturated heterocycles. The van der Waals surface area contributed by atoms with E-state index in [1.165, 1.54) is 25.7 Å². The molecule has 0 amide bonds. The fourth-order valence-corrected chi connectivity index (χ4v) is 3.06. The van der Waals surface area contributed by atoms with Gasteiger partial charge in [0.25, 0.3) is 0 Å². The maximum absolute atomic E-state index is 6.25. The highest BCUT2D eigenvalue weighted by atomic mass is 16.7. The Morgan fingerprint density at radius 2 is 1.17 bits per heavy atom. The lowest BCUT2D eigenvalue weighted by Gasteiger charge is -2.28. The molecule has 0 aromatic carbocycles. The molecule has 4 N–H and O–H groups in total. The minimum atomic E-state index is -0.202. The van der Waals surface area contributed by atoms with Crippen molar-refractivity contribution in [1.82, 2.24) is 0 Å². The SMILES string of the molecule is CC(OCC1(N)CCCC1)OCC1(N)CCCC1. The summed E-state index contributed by atoms with van der Waals surface area (Å²) >= 11 is 0. The molecule has 4 heteroatoms. The van der Waals surface area contributed by atoms with Crippen LogP contribution in [0.1, 0.15) is 58.3 Å². The van der Waals surface area contributed by atoms with Gasteiger partial charge in [0.15, 0.2) is 6.29 Å². The Labute approximate surface area is 110 Å². The van der Waals surface area contributed by atoms with Gasteiger partial charge in [0, 0.05) is 11.1 Å². The molecule has 0 bridgehead atoms. The third kappa shape index (κ3) is 3.92. The van der Waals surface area contributed by atoms with Crippen LogP contribution in [-0.2, 0) is 9.47 Å². The summed E-state index contributed by atoms with van der Waals surface area (Å²) in [7, 11) is 0. The predicted octanol–water partition coefficient (Wildman–Crippen LogP) is 1.91. The van der Waals surface area contributed by atoms with Crippen molar-refractivity contribution in [1.29, 1.82) is 0 Å². The van der Waals surface area contributed by atoms with E-state index in [0.29, 0.717) is 13.2 Å². The van der Waals surface area contributed by atoms with Crippen LogP contribution in [0.4, 0.5) is 0 Å². The summed E-state index contributed by atoms with van der Waals surface area (Å²) in [6.45, 7) is 3.15. The van der Waals surface area contributed by atoms with Crippen LogP contribution in [0.15, 0.2) is 0 Å². The van der Waals surface area contributed by atoms with Gasteiger partial charge in [-0.25, -0.2) is 0 Å². The molecule has 2 saturated carbocycles. The van der Waals surface area contributed by atoms with E-state index in [0.717, 1.165) is 25.7 Å². The third-order valence-electron chi connectivity index (χ3n) is 4.41. The zero-order valence-electron chi connectivity index (χ0n) is 11.6. The van der Waals surface area contributed by atoms with Crippen molar-refractivity contribution in [3.63, 3.8) is 0 Å². The molecule has 2 rings (SSSR count). The summed E-state index contributed by atoms with van der Waals surface area (Å²) in [4.78, 5) is 0. The van der Waals surface area contributed by atoms with Crippen LogP contribution in [0.5, 0.6) is 0 Å². The van der Waals surface area contributed by atoms with Crippen LogP contribution in [0.2, 0.25) is 0 Å². The molecule has 2 aliphatic carbocycles. The van der Waals surface area contributed by atoms with E-state index < -0.39 is 0 Å². The molecule has 106 valence electrons. The average molecular weight is 256 g/mol. The monoisotopic (exact) mass is 256 g/mol. The maximum atomic E-state index is 6.25. The molecule has 0 aliphatic heterocycles. The minimum Gasteiger partial charge on any atom is -0.351 e. The molecular formula is C14H28N2O2. The second-order valence-corrected chi connectivity index (χ2v) is 6.33. The summed E-state index contributed by atoms with van der Waals surface area (Å²) in [5.74, 6) is 0. The van der Waals surface area contributed by atoms with Crippen molar-refractivity contribution in [2.75, 3.05) is 13.2 Å². The van der Waals surface area contributed by atoms with Crippen molar-refractivity contribution < 1.29 is 9.47 Å². The maximum Gasteiger partial charge on any atom is 0.154 e. The van der Waals surface area contributed by atoms with Crippen LogP contribution >= 0.6 is 0 Å². The number of hydrogen-bond donors (Lipinski definition) is 2. The van der Waals surface area contributed by atoms with E-state index in [-0.39, 0.29) is 17.4 Å². The van der Waals surface area contributed by atoms with E-state index in [4.69, 9.17) is 20.9 Å². The van der Waals surface area contributed by atoms with Gasteiger partial charge in [-0.1, -0.05) is 25.7 Å². The highest BCUT2D eigenvalue weighted by molar-refractivity contribution is 4.90. The van der Waals surface area contributed by atoms with Gasteiger partial charge in [0.05, 0.1) is 13.2 Å². The highest BCUT2D eigenvalue weighted by Gasteiger charge is 2.32. The molecule has 2 aliphatic rings. The Hall–Kier alpha value is -0.160. The Morgan fingerprint density at radius 3 is 1.50 bits per heavy atom. The van der Waals surface area contributed by atoms with Crippen LogP contribution in [-0.4, -0.2) is 30.6 Å². The summed E-state index contributed by atoms with van der Waals surface area (Å²) in [6, 6.07) is 0. The second kappa shape index (κ2) is 5.87. The quantitative estimate of drug-likeness (QED) is 0.712. The molecular weight excluding hydrogens is 228 g/mol. The smallest absolute Gasteiger partial charge is 0.154 e. The van der Waals surface area contributed by atoms with Gasteiger partial charge in [-0.3, -0.25) is 0 Å². The molecule has 0 spiro atoms. The molecule has 0 radical (unpaired) electrons. The fourth-order valence-electron chi connectivity index (χ4n) is 3.06. The van der Waals surface area contributed by atoms with Gasteiger partial charge >= 0.3 is 0 Å². The topological polar surface area (TPSA) is 70.5 Å². The van der Waals surface area contributed by atoms with E-state index in [1.807, 2.05) is 6.92 Å². The summed E-state index contributed by atoms with van der Waals surface area (Å²) in [6.07, 6.45) is 8.97. The van der Waals surface area contributed by atoms with E-state index >= 15 is 0 Å². The molecule has 0 aromatic rings. The molecule has 4 nitrogen and oxygen atoms in total. The predicted molar refractivity (Wildman–Crippen MR) is 72.1 cm³/mol. The van der Waals surface area contributed by atoms with Crippen molar-refractivity contribution in [3.05, 3.63) is 0 Å². The summed E-state index contributed by atoms with van der Waals surface area (Å²) in [5.41, 5.74) is 12.3. The lowest BCUT2D eigenvalue weighted by molar-refractivity contribution is -0.149. The number of hydrogen-bond acceptors (Lipinski definition) is 4. The average Bonchev–Trinajstić information content (AvgIpc) is 2.95. The van der Waals surface area contributed by atoms with Gasteiger partial charge in [0.2, 0.25) is 0 Å². The Morgan fingerprint density at radius 1 is 0.833 bits per heavy atom. The van der Waals surface area contributed by atoms with E-state index in [9.17, 15) is 0 Å². The number of rotatable bonds is 6. The third-order valence-corrected chi connectivity index (χ3v) is 4.41. The van der Waals surface area contributed by atoms with Gasteiger partial charge < -0.3 is 20.9 Å². The lowest BCUT2D eigenvalue weighted by Crippen LogP contribution is -2.45. The largest absolute Gasteiger partial charge is 0.351 e. The summed E-state index contributed by atoms with van der Waals surface area (Å²) < 4.78 is 11.5. The molecule has 2 fully saturated rings. The Balaban J connectivity index is 1.64. The van der Waals surface area contributed by atoms with Crippen LogP contribution in [0.25, 0.3) is 0 Å². The number of ether oxygens (including phenoxy) is 2. The number of nitrogens with two attached hydrogens (primary N) is 2. The molecule has 0 atom stereocenters. The molecule has 18 heavy (non-hydrogen) atoms. The second-order valence-electron chi connectivity index (χ2n) is 6.33. The first-order chi connectivity index (χ1) is 8.52. The van der Waals surface area contributed by atoms with E-state index in [2.05, 4.69) is 0 Å². The van der Waals surface area contributed by atoms with Crippen LogP contribution < -0.4 is 11.5 Å². The van der Waals surface area contributed by atoms with Crippen molar-refractivity contribution in [2.45, 2.75) is 75.7 Å². The lowest BCUT2D eigenvalue weighted by atomic mass is 10.0. The zero-order chi connectivity index (χ0) is 13.1. The van der Waals surface area contributed by atoms with Crippen molar-refractivity contribution >= 4 is 0 Å². The van der Waals surface area contributed by atoms with Crippen LogP contribution in [0.3, 0.4) is 0 Å².